The van der Waals surface area contributed by atoms with Gasteiger partial charge in [0.15, 0.2) is 5.69 Å². The summed E-state index contributed by atoms with van der Waals surface area (Å²) < 4.78 is 16.3. The molecule has 28 heavy (non-hydrogen) atoms. The monoisotopic (exact) mass is 400 g/mol. The van der Waals surface area contributed by atoms with Crippen molar-refractivity contribution in [3.05, 3.63) is 69.6 Å². The van der Waals surface area contributed by atoms with E-state index in [9.17, 15) is 4.79 Å². The molecule has 1 aromatic heterocycles. The van der Waals surface area contributed by atoms with Gasteiger partial charge in [0.2, 0.25) is 0 Å². The van der Waals surface area contributed by atoms with Crippen LogP contribution in [0.25, 0.3) is 0 Å². The Labute approximate surface area is 168 Å². The summed E-state index contributed by atoms with van der Waals surface area (Å²) in [6.45, 7) is 5.88. The maximum absolute atomic E-state index is 12.7. The predicted octanol–water partition coefficient (Wildman–Crippen LogP) is 5.09. The van der Waals surface area contributed by atoms with E-state index in [0.29, 0.717) is 27.8 Å². The average Bonchev–Trinajstić information content (AvgIpc) is 3.03. The normalized spacial score (nSPS) is 10.6. The molecular formula is C21H21ClN2O4. The summed E-state index contributed by atoms with van der Waals surface area (Å²) in [5.74, 6) is 1.41. The van der Waals surface area contributed by atoms with E-state index in [1.807, 2.05) is 32.0 Å². The Hall–Kier alpha value is -2.99. The molecule has 0 aliphatic rings. The van der Waals surface area contributed by atoms with Gasteiger partial charge in [0.1, 0.15) is 23.9 Å². The van der Waals surface area contributed by atoms with Crippen LogP contribution in [0.15, 0.2) is 40.9 Å². The van der Waals surface area contributed by atoms with Crippen LogP contribution in [0.2, 0.25) is 5.02 Å². The van der Waals surface area contributed by atoms with E-state index >= 15 is 0 Å². The van der Waals surface area contributed by atoms with Gasteiger partial charge in [-0.2, -0.15) is 0 Å². The summed E-state index contributed by atoms with van der Waals surface area (Å²) in [5.41, 5.74) is 3.40. The van der Waals surface area contributed by atoms with Gasteiger partial charge >= 0.3 is 0 Å². The first kappa shape index (κ1) is 19.8. The van der Waals surface area contributed by atoms with Gasteiger partial charge in [-0.25, -0.2) is 0 Å². The molecule has 3 aromatic rings. The number of methoxy groups -OCH3 is 1. The molecule has 0 saturated carbocycles. The third-order valence-corrected chi connectivity index (χ3v) is 4.62. The lowest BCUT2D eigenvalue weighted by Gasteiger charge is -2.11. The minimum absolute atomic E-state index is 0.172. The number of anilines is 1. The van der Waals surface area contributed by atoms with Gasteiger partial charge in [0.25, 0.3) is 5.91 Å². The van der Waals surface area contributed by atoms with E-state index in [4.69, 9.17) is 25.6 Å². The van der Waals surface area contributed by atoms with Crippen LogP contribution in [0.4, 0.5) is 5.69 Å². The Balaban J connectivity index is 1.77. The van der Waals surface area contributed by atoms with E-state index in [1.165, 1.54) is 7.11 Å². The summed E-state index contributed by atoms with van der Waals surface area (Å²) in [6, 6.07) is 10.9. The van der Waals surface area contributed by atoms with Crippen LogP contribution >= 0.6 is 11.6 Å². The number of hydrogen-bond donors (Lipinski definition) is 1. The molecule has 0 atom stereocenters. The quantitative estimate of drug-likeness (QED) is 0.623. The van der Waals surface area contributed by atoms with Gasteiger partial charge in [-0.1, -0.05) is 28.9 Å². The van der Waals surface area contributed by atoms with E-state index in [2.05, 4.69) is 10.5 Å². The van der Waals surface area contributed by atoms with Crippen molar-refractivity contribution < 1.29 is 18.8 Å². The van der Waals surface area contributed by atoms with E-state index in [0.717, 1.165) is 16.9 Å². The molecule has 0 radical (unpaired) electrons. The van der Waals surface area contributed by atoms with Crippen molar-refractivity contribution in [1.29, 1.82) is 0 Å². The molecule has 0 aliphatic heterocycles. The average molecular weight is 401 g/mol. The second kappa shape index (κ2) is 8.35. The summed E-state index contributed by atoms with van der Waals surface area (Å²) >= 11 is 6.11. The number of nitrogens with zero attached hydrogens (tertiary/aromatic N) is 1. The SMILES string of the molecule is COc1ccc(NC(=O)c2noc(C)c2COc2cc(C)ccc2C)cc1Cl. The van der Waals surface area contributed by atoms with Crippen molar-refractivity contribution in [1.82, 2.24) is 5.16 Å². The van der Waals surface area contributed by atoms with Gasteiger partial charge < -0.3 is 19.3 Å². The first-order valence-electron chi connectivity index (χ1n) is 8.69. The number of carbonyl (C=O) groups is 1. The second-order valence-corrected chi connectivity index (χ2v) is 6.83. The largest absolute Gasteiger partial charge is 0.495 e. The first-order chi connectivity index (χ1) is 13.4. The molecule has 0 spiro atoms. The zero-order valence-electron chi connectivity index (χ0n) is 16.1. The second-order valence-electron chi connectivity index (χ2n) is 6.43. The molecule has 0 bridgehead atoms. The summed E-state index contributed by atoms with van der Waals surface area (Å²) in [6.07, 6.45) is 0. The number of aromatic nitrogens is 1. The highest BCUT2D eigenvalue weighted by Crippen LogP contribution is 2.28. The molecule has 3 rings (SSSR count). The van der Waals surface area contributed by atoms with Crippen molar-refractivity contribution in [3.63, 3.8) is 0 Å². The predicted molar refractivity (Wildman–Crippen MR) is 107 cm³/mol. The fourth-order valence-electron chi connectivity index (χ4n) is 2.69. The molecule has 7 heteroatoms. The summed E-state index contributed by atoms with van der Waals surface area (Å²) in [5, 5.41) is 7.06. The maximum atomic E-state index is 12.7. The number of rotatable bonds is 6. The van der Waals surface area contributed by atoms with Gasteiger partial charge in [-0.05, 0) is 56.2 Å². The Bertz CT molecular complexity index is 1010. The van der Waals surface area contributed by atoms with Crippen LogP contribution in [0, 0.1) is 20.8 Å². The van der Waals surface area contributed by atoms with Gasteiger partial charge in [0, 0.05) is 5.69 Å². The smallest absolute Gasteiger partial charge is 0.278 e. The van der Waals surface area contributed by atoms with Crippen molar-refractivity contribution >= 4 is 23.2 Å². The van der Waals surface area contributed by atoms with Crippen molar-refractivity contribution in [2.45, 2.75) is 27.4 Å². The van der Waals surface area contributed by atoms with E-state index in [-0.39, 0.29) is 12.3 Å². The minimum Gasteiger partial charge on any atom is -0.495 e. The maximum Gasteiger partial charge on any atom is 0.278 e. The summed E-state index contributed by atoms with van der Waals surface area (Å²) in [7, 11) is 1.53. The first-order valence-corrected chi connectivity index (χ1v) is 9.07. The third-order valence-electron chi connectivity index (χ3n) is 4.33. The summed E-state index contributed by atoms with van der Waals surface area (Å²) in [4.78, 5) is 12.7. The number of amides is 1. The van der Waals surface area contributed by atoms with Crippen LogP contribution in [0.3, 0.4) is 0 Å². The zero-order chi connectivity index (χ0) is 20.3. The standard InChI is InChI=1S/C21H21ClN2O4/c1-12-5-6-13(2)19(9-12)27-11-16-14(3)28-24-20(16)21(25)23-15-7-8-18(26-4)17(22)10-15/h5-10H,11H2,1-4H3,(H,23,25). The molecule has 1 heterocycles. The molecule has 0 fully saturated rings. The number of ether oxygens (including phenoxy) is 2. The lowest BCUT2D eigenvalue weighted by Crippen LogP contribution is -2.15. The Kier molecular flexibility index (Phi) is 5.90. The number of aryl methyl sites for hydroxylation is 3. The van der Waals surface area contributed by atoms with Gasteiger partial charge in [-0.15, -0.1) is 0 Å². The van der Waals surface area contributed by atoms with Crippen molar-refractivity contribution in [3.8, 4) is 11.5 Å². The van der Waals surface area contributed by atoms with Gasteiger partial charge in [-0.3, -0.25) is 4.79 Å². The van der Waals surface area contributed by atoms with Crippen molar-refractivity contribution in [2.24, 2.45) is 0 Å². The molecule has 1 N–H and O–H groups in total. The molecule has 0 aliphatic carbocycles. The molecule has 1 amide bonds. The molecule has 0 unspecified atom stereocenters. The molecule has 2 aromatic carbocycles. The minimum atomic E-state index is -0.405. The highest BCUT2D eigenvalue weighted by atomic mass is 35.5. The molecule has 146 valence electrons. The Morgan fingerprint density at radius 1 is 1.14 bits per heavy atom. The van der Waals surface area contributed by atoms with Crippen LogP contribution in [0.5, 0.6) is 11.5 Å². The van der Waals surface area contributed by atoms with Crippen molar-refractivity contribution in [2.75, 3.05) is 12.4 Å². The van der Waals surface area contributed by atoms with Crippen LogP contribution in [0.1, 0.15) is 32.9 Å². The lowest BCUT2D eigenvalue weighted by atomic mass is 10.1. The lowest BCUT2D eigenvalue weighted by molar-refractivity contribution is 0.101. The number of hydrogen-bond acceptors (Lipinski definition) is 5. The number of carbonyl (C=O) groups excluding carboxylic acids is 1. The molecular weight excluding hydrogens is 380 g/mol. The number of halogens is 1. The van der Waals surface area contributed by atoms with E-state index < -0.39 is 5.91 Å². The Morgan fingerprint density at radius 3 is 2.64 bits per heavy atom. The zero-order valence-corrected chi connectivity index (χ0v) is 16.9. The van der Waals surface area contributed by atoms with Crippen LogP contribution in [-0.4, -0.2) is 18.2 Å². The molecule has 0 saturated heterocycles. The topological polar surface area (TPSA) is 73.6 Å². The van der Waals surface area contributed by atoms with Crippen LogP contribution < -0.4 is 14.8 Å². The fourth-order valence-corrected chi connectivity index (χ4v) is 2.94. The third kappa shape index (κ3) is 4.28. The fraction of sp³-hybridized carbons (Fsp3) is 0.238. The number of benzene rings is 2. The highest BCUT2D eigenvalue weighted by molar-refractivity contribution is 6.32. The van der Waals surface area contributed by atoms with E-state index in [1.54, 1.807) is 25.1 Å². The van der Waals surface area contributed by atoms with Crippen LogP contribution in [-0.2, 0) is 6.61 Å². The number of nitrogens with one attached hydrogen (secondary N) is 1. The van der Waals surface area contributed by atoms with Gasteiger partial charge in [0.05, 0.1) is 17.7 Å². The Morgan fingerprint density at radius 2 is 1.93 bits per heavy atom. The molecule has 6 nitrogen and oxygen atoms in total. The highest BCUT2D eigenvalue weighted by Gasteiger charge is 2.21.